The molecule has 21 heavy (non-hydrogen) atoms. The van der Waals surface area contributed by atoms with Crippen LogP contribution < -0.4 is 0 Å². The van der Waals surface area contributed by atoms with E-state index in [1.165, 1.54) is 0 Å². The second-order valence-corrected chi connectivity index (χ2v) is 5.36. The minimum Gasteiger partial charge on any atom is -0.804 e. The van der Waals surface area contributed by atoms with Crippen LogP contribution in [0.2, 0.25) is 0 Å². The Hall–Kier alpha value is -2.94. The summed E-state index contributed by atoms with van der Waals surface area (Å²) in [5, 5.41) is 17.0. The monoisotopic (exact) mass is 271 g/mol. The molecule has 3 heteroatoms. The molecule has 5 aromatic rings. The molecule has 0 aliphatic carbocycles. The van der Waals surface area contributed by atoms with Crippen LogP contribution in [-0.2, 0) is 0 Å². The summed E-state index contributed by atoms with van der Waals surface area (Å²) in [6, 6.07) is 20.0. The predicted molar refractivity (Wildman–Crippen MR) is 86.7 cm³/mol. The highest BCUT2D eigenvalue weighted by atomic mass is 16.5. The van der Waals surface area contributed by atoms with E-state index >= 15 is 0 Å². The lowest BCUT2D eigenvalue weighted by Gasteiger charge is -2.20. The highest BCUT2D eigenvalue weighted by molar-refractivity contribution is 6.11. The first-order chi connectivity index (χ1) is 10.3. The molecule has 0 unspecified atom stereocenters. The lowest BCUT2D eigenvalue weighted by atomic mass is 10.1. The summed E-state index contributed by atoms with van der Waals surface area (Å²) >= 11 is 0. The molecule has 0 bridgehead atoms. The molecule has 3 aromatic carbocycles. The van der Waals surface area contributed by atoms with Gasteiger partial charge in [-0.1, -0.05) is 48.5 Å². The number of rotatable bonds is 0. The summed E-state index contributed by atoms with van der Waals surface area (Å²) in [5.41, 5.74) is 2.48. The number of benzene rings is 3. The lowest BCUT2D eigenvalue weighted by molar-refractivity contribution is 1.10. The SMILES string of the molecule is [O-]n1c2cccc3cccc(c32)n2cc3ccccc3c12. The Morgan fingerprint density at radius 2 is 1.43 bits per heavy atom. The Kier molecular flexibility index (Phi) is 1.84. The lowest BCUT2D eigenvalue weighted by Crippen LogP contribution is -2.00. The highest BCUT2D eigenvalue weighted by Crippen LogP contribution is 2.32. The van der Waals surface area contributed by atoms with Gasteiger partial charge in [-0.3, -0.25) is 0 Å². The second kappa shape index (κ2) is 3.58. The number of aromatic nitrogens is 2. The molecule has 0 atom stereocenters. The van der Waals surface area contributed by atoms with E-state index in [9.17, 15) is 5.21 Å². The third-order valence-corrected chi connectivity index (χ3v) is 4.23. The predicted octanol–water partition coefficient (Wildman–Crippen LogP) is 4.55. The van der Waals surface area contributed by atoms with Gasteiger partial charge in [0, 0.05) is 27.9 Å². The molecule has 3 nitrogen and oxygen atoms in total. The summed E-state index contributed by atoms with van der Waals surface area (Å²) in [7, 11) is 0. The first kappa shape index (κ1) is 10.8. The zero-order valence-corrected chi connectivity index (χ0v) is 11.2. The topological polar surface area (TPSA) is 32.4 Å². The van der Waals surface area contributed by atoms with E-state index in [1.54, 1.807) is 0 Å². The molecule has 0 fully saturated rings. The van der Waals surface area contributed by atoms with Crippen LogP contribution in [-0.4, -0.2) is 9.13 Å². The minimum atomic E-state index is 0.691. The van der Waals surface area contributed by atoms with E-state index in [0.29, 0.717) is 5.65 Å². The molecule has 0 N–H and O–H groups in total. The molecular formula is C18H11N2O-. The van der Waals surface area contributed by atoms with Gasteiger partial charge in [0.15, 0.2) is 0 Å². The summed E-state index contributed by atoms with van der Waals surface area (Å²) in [6.07, 6.45) is 2.04. The molecule has 0 amide bonds. The van der Waals surface area contributed by atoms with Crippen LogP contribution in [0.5, 0.6) is 0 Å². The summed E-state index contributed by atoms with van der Waals surface area (Å²) in [4.78, 5) is 0. The van der Waals surface area contributed by atoms with E-state index in [4.69, 9.17) is 0 Å². The largest absolute Gasteiger partial charge is 0.804 e. The fraction of sp³-hybridized carbons (Fsp3) is 0. The third-order valence-electron chi connectivity index (χ3n) is 4.23. The first-order valence-corrected chi connectivity index (χ1v) is 6.94. The van der Waals surface area contributed by atoms with Crippen LogP contribution in [0.3, 0.4) is 0 Å². The van der Waals surface area contributed by atoms with Crippen LogP contribution in [0.1, 0.15) is 0 Å². The van der Waals surface area contributed by atoms with Gasteiger partial charge in [-0.15, -0.1) is 0 Å². The number of fused-ring (bicyclic) bond motifs is 4. The van der Waals surface area contributed by atoms with E-state index in [2.05, 4.69) is 6.07 Å². The normalized spacial score (nSPS) is 12.0. The van der Waals surface area contributed by atoms with Gasteiger partial charge in [-0.05, 0) is 17.5 Å². The summed E-state index contributed by atoms with van der Waals surface area (Å²) in [6.45, 7) is 0. The molecule has 0 saturated heterocycles. The van der Waals surface area contributed by atoms with E-state index in [1.807, 2.05) is 65.2 Å². The minimum absolute atomic E-state index is 0.691. The van der Waals surface area contributed by atoms with Gasteiger partial charge in [0.2, 0.25) is 0 Å². The number of hydrogen-bond acceptors (Lipinski definition) is 1. The van der Waals surface area contributed by atoms with E-state index in [-0.39, 0.29) is 0 Å². The maximum Gasteiger partial charge on any atom is 0.120 e. The van der Waals surface area contributed by atoms with Crippen LogP contribution in [0.4, 0.5) is 0 Å². The van der Waals surface area contributed by atoms with Crippen LogP contribution in [0.15, 0.2) is 66.9 Å². The Morgan fingerprint density at radius 1 is 0.714 bits per heavy atom. The zero-order valence-electron chi connectivity index (χ0n) is 11.2. The van der Waals surface area contributed by atoms with E-state index < -0.39 is 0 Å². The molecule has 100 valence electrons. The molecule has 0 saturated carbocycles. The van der Waals surface area contributed by atoms with Crippen molar-refractivity contribution in [2.24, 2.45) is 0 Å². The molecule has 0 aliphatic heterocycles. The van der Waals surface area contributed by atoms with Crippen molar-refractivity contribution >= 4 is 38.2 Å². The Labute approximate surface area is 120 Å². The summed E-state index contributed by atoms with van der Waals surface area (Å²) < 4.78 is 3.06. The van der Waals surface area contributed by atoms with Crippen LogP contribution in [0, 0.1) is 5.21 Å². The Balaban J connectivity index is 2.24. The Morgan fingerprint density at radius 3 is 2.29 bits per heavy atom. The van der Waals surface area contributed by atoms with Gasteiger partial charge in [0.1, 0.15) is 5.65 Å². The molecule has 0 aliphatic rings. The van der Waals surface area contributed by atoms with Gasteiger partial charge in [-0.2, -0.15) is 0 Å². The van der Waals surface area contributed by atoms with Gasteiger partial charge in [-0.25, -0.2) is 0 Å². The van der Waals surface area contributed by atoms with Gasteiger partial charge in [0.05, 0.1) is 5.52 Å². The van der Waals surface area contributed by atoms with Gasteiger partial charge in [0.25, 0.3) is 0 Å². The quantitative estimate of drug-likeness (QED) is 0.407. The van der Waals surface area contributed by atoms with Crippen molar-refractivity contribution in [3.63, 3.8) is 0 Å². The molecule has 0 radical (unpaired) electrons. The Bertz CT molecular complexity index is 1140. The molecule has 2 aromatic heterocycles. The fourth-order valence-corrected chi connectivity index (χ4v) is 3.32. The van der Waals surface area contributed by atoms with Gasteiger partial charge < -0.3 is 14.3 Å². The average molecular weight is 271 g/mol. The smallest absolute Gasteiger partial charge is 0.120 e. The second-order valence-electron chi connectivity index (χ2n) is 5.36. The molecular weight excluding hydrogens is 260 g/mol. The van der Waals surface area contributed by atoms with Gasteiger partial charge >= 0.3 is 0 Å². The summed E-state index contributed by atoms with van der Waals surface area (Å²) in [5.74, 6) is 0. The maximum absolute atomic E-state index is 12.9. The van der Waals surface area contributed by atoms with Crippen molar-refractivity contribution < 1.29 is 0 Å². The standard InChI is InChI=1S/C18H11N2O/c21-20-16-10-4-7-12-6-3-9-15(17(12)16)19-11-13-5-1-2-8-14(13)18(19)20/h1-11H/q-1. The van der Waals surface area contributed by atoms with Crippen molar-refractivity contribution in [2.75, 3.05) is 0 Å². The fourth-order valence-electron chi connectivity index (χ4n) is 3.32. The van der Waals surface area contributed by atoms with Crippen molar-refractivity contribution in [1.82, 2.24) is 9.13 Å². The molecule has 0 spiro atoms. The first-order valence-electron chi connectivity index (χ1n) is 6.94. The maximum atomic E-state index is 12.9. The number of nitrogens with zero attached hydrogens (tertiary/aromatic N) is 2. The number of hydrogen-bond donors (Lipinski definition) is 0. The van der Waals surface area contributed by atoms with Crippen molar-refractivity contribution in [2.45, 2.75) is 0 Å². The third kappa shape index (κ3) is 1.23. The molecule has 5 rings (SSSR count). The highest BCUT2D eigenvalue weighted by Gasteiger charge is 2.11. The van der Waals surface area contributed by atoms with Crippen LogP contribution >= 0.6 is 0 Å². The zero-order chi connectivity index (χ0) is 14.0. The van der Waals surface area contributed by atoms with Crippen molar-refractivity contribution in [3.8, 4) is 0 Å². The van der Waals surface area contributed by atoms with Crippen molar-refractivity contribution in [1.29, 1.82) is 0 Å². The van der Waals surface area contributed by atoms with E-state index in [0.717, 1.165) is 37.3 Å². The van der Waals surface area contributed by atoms with Crippen molar-refractivity contribution in [3.05, 3.63) is 72.1 Å². The average Bonchev–Trinajstić information content (AvgIpc) is 2.92. The molecule has 2 heterocycles. The van der Waals surface area contributed by atoms with Crippen LogP contribution in [0.25, 0.3) is 38.2 Å².